The van der Waals surface area contributed by atoms with Crippen molar-refractivity contribution in [2.45, 2.75) is 31.3 Å². The van der Waals surface area contributed by atoms with Gasteiger partial charge >= 0.3 is 6.03 Å². The molecule has 10 nitrogen and oxygen atoms in total. The third-order valence-corrected chi connectivity index (χ3v) is 6.62. The number of likely N-dealkylation sites (N-methyl/N-ethyl adjacent to an activating group) is 1. The van der Waals surface area contributed by atoms with Gasteiger partial charge in [0, 0.05) is 33.8 Å². The largest absolute Gasteiger partial charge is 0.493 e. The summed E-state index contributed by atoms with van der Waals surface area (Å²) < 4.78 is 15.9. The first kappa shape index (κ1) is 22.8. The summed E-state index contributed by atoms with van der Waals surface area (Å²) in [5.74, 6) is 1.29. The first-order chi connectivity index (χ1) is 15.5. The molecule has 176 valence electrons. The van der Waals surface area contributed by atoms with Gasteiger partial charge in [-0.2, -0.15) is 0 Å². The number of urea groups is 1. The van der Waals surface area contributed by atoms with Crippen LogP contribution >= 0.6 is 0 Å². The Morgan fingerprint density at radius 2 is 1.84 bits per heavy atom. The first-order valence-corrected chi connectivity index (χ1v) is 11.0. The zero-order valence-electron chi connectivity index (χ0n) is 19.2. The number of benzene rings is 1. The number of hydrogen-bond donors (Lipinski definition) is 1. The van der Waals surface area contributed by atoms with Crippen molar-refractivity contribution >= 4 is 11.9 Å². The maximum atomic E-state index is 13.2. The summed E-state index contributed by atoms with van der Waals surface area (Å²) in [5, 5.41) is 3.54. The highest BCUT2D eigenvalue weighted by atomic mass is 16.5. The van der Waals surface area contributed by atoms with Gasteiger partial charge < -0.3 is 19.1 Å². The zero-order chi connectivity index (χ0) is 22.8. The minimum atomic E-state index is -0.386. The van der Waals surface area contributed by atoms with Gasteiger partial charge in [0.25, 0.3) is 5.91 Å². The lowest BCUT2D eigenvalue weighted by Crippen LogP contribution is -2.66. The van der Waals surface area contributed by atoms with Gasteiger partial charge in [-0.1, -0.05) is 6.07 Å². The molecule has 1 aromatic rings. The number of fused-ring (bicyclic) bond motifs is 3. The Bertz CT molecular complexity index is 852. The third-order valence-electron chi connectivity index (χ3n) is 6.62. The Kier molecular flexibility index (Phi) is 6.85. The van der Waals surface area contributed by atoms with Gasteiger partial charge in [-0.3, -0.25) is 24.8 Å². The maximum absolute atomic E-state index is 13.2. The van der Waals surface area contributed by atoms with Gasteiger partial charge in [0.15, 0.2) is 11.5 Å². The molecule has 0 aliphatic carbocycles. The lowest BCUT2D eigenvalue weighted by molar-refractivity contribution is -0.140. The van der Waals surface area contributed by atoms with Crippen LogP contribution in [0.1, 0.15) is 12.0 Å². The Morgan fingerprint density at radius 1 is 1.06 bits per heavy atom. The van der Waals surface area contributed by atoms with Gasteiger partial charge in [-0.05, 0) is 30.5 Å². The fourth-order valence-corrected chi connectivity index (χ4v) is 4.92. The lowest BCUT2D eigenvalue weighted by atomic mass is 10.1. The van der Waals surface area contributed by atoms with Crippen molar-refractivity contribution in [3.8, 4) is 11.5 Å². The molecular weight excluding hydrogens is 414 g/mol. The van der Waals surface area contributed by atoms with Crippen molar-refractivity contribution < 1.29 is 23.8 Å². The Labute approximate surface area is 189 Å². The summed E-state index contributed by atoms with van der Waals surface area (Å²) in [6.07, 6.45) is 1.39. The van der Waals surface area contributed by atoms with Gasteiger partial charge in [0.2, 0.25) is 0 Å². The van der Waals surface area contributed by atoms with Gasteiger partial charge in [-0.25, -0.2) is 4.79 Å². The smallest absolute Gasteiger partial charge is 0.327 e. The molecule has 0 saturated carbocycles. The van der Waals surface area contributed by atoms with Crippen LogP contribution in [0, 0.1) is 0 Å². The van der Waals surface area contributed by atoms with Crippen molar-refractivity contribution in [3.05, 3.63) is 23.8 Å². The number of ether oxygens (including phenoxy) is 3. The molecule has 0 radical (unpaired) electrons. The van der Waals surface area contributed by atoms with Crippen LogP contribution in [0.5, 0.6) is 11.5 Å². The highest BCUT2D eigenvalue weighted by Gasteiger charge is 2.55. The van der Waals surface area contributed by atoms with Crippen molar-refractivity contribution in [1.82, 2.24) is 24.9 Å². The summed E-state index contributed by atoms with van der Waals surface area (Å²) in [7, 11) is 6.59. The second kappa shape index (κ2) is 9.62. The number of carbonyl (C=O) groups excluding carboxylic acids is 2. The van der Waals surface area contributed by atoms with Crippen LogP contribution in [0.25, 0.3) is 0 Å². The normalized spacial score (nSPS) is 26.3. The standard InChI is InChI=1S/C22H33N5O5/c1-24-19-18(20(28)27(22(24)29)12-13-30-2)26-10-5-9-25(21(26)23-19)11-8-15-6-7-16(31-3)17(14-15)32-4/h6-7,14,18-19,21,23H,5,8-13H2,1-4H3. The van der Waals surface area contributed by atoms with Crippen molar-refractivity contribution in [2.24, 2.45) is 0 Å². The Morgan fingerprint density at radius 3 is 2.56 bits per heavy atom. The lowest BCUT2D eigenvalue weighted by Gasteiger charge is -2.43. The van der Waals surface area contributed by atoms with Crippen LogP contribution in [-0.4, -0.2) is 111 Å². The van der Waals surface area contributed by atoms with Crippen molar-refractivity contribution in [1.29, 1.82) is 0 Å². The summed E-state index contributed by atoms with van der Waals surface area (Å²) in [6.45, 7) is 3.17. The van der Waals surface area contributed by atoms with Crippen molar-refractivity contribution in [3.63, 3.8) is 0 Å². The number of amides is 3. The molecule has 0 spiro atoms. The average Bonchev–Trinajstić information content (AvgIpc) is 3.21. The monoisotopic (exact) mass is 447 g/mol. The number of nitrogens with one attached hydrogen (secondary N) is 1. The van der Waals surface area contributed by atoms with E-state index >= 15 is 0 Å². The molecule has 10 heteroatoms. The molecule has 3 unspecified atom stereocenters. The number of imide groups is 1. The maximum Gasteiger partial charge on any atom is 0.327 e. The van der Waals surface area contributed by atoms with Crippen LogP contribution in [0.2, 0.25) is 0 Å². The molecule has 32 heavy (non-hydrogen) atoms. The number of nitrogens with zero attached hydrogens (tertiary/aromatic N) is 4. The SMILES string of the molecule is COCCN1C(=O)C2C(NC3N(CCc4ccc(OC)c(OC)c4)CCCN23)N(C)C1=O. The minimum absolute atomic E-state index is 0.0829. The molecule has 3 heterocycles. The van der Waals surface area contributed by atoms with E-state index in [1.165, 1.54) is 4.90 Å². The third kappa shape index (κ3) is 4.03. The summed E-state index contributed by atoms with van der Waals surface area (Å²) in [5.41, 5.74) is 1.16. The molecule has 4 rings (SSSR count). The highest BCUT2D eigenvalue weighted by Crippen LogP contribution is 2.31. The molecule has 3 fully saturated rings. The molecule has 1 N–H and O–H groups in total. The second-order valence-electron chi connectivity index (χ2n) is 8.37. The number of rotatable bonds is 8. The van der Waals surface area contributed by atoms with E-state index in [4.69, 9.17) is 14.2 Å². The number of hydrogen-bond acceptors (Lipinski definition) is 8. The quantitative estimate of drug-likeness (QED) is 0.612. The van der Waals surface area contributed by atoms with E-state index in [-0.39, 0.29) is 37.0 Å². The summed E-state index contributed by atoms with van der Waals surface area (Å²) in [6, 6.07) is 5.31. The Balaban J connectivity index is 1.47. The first-order valence-electron chi connectivity index (χ1n) is 11.0. The fraction of sp³-hybridized carbons (Fsp3) is 0.636. The summed E-state index contributed by atoms with van der Waals surface area (Å²) in [4.78, 5) is 33.5. The predicted octanol–water partition coefficient (Wildman–Crippen LogP) is 0.376. The van der Waals surface area contributed by atoms with Crippen molar-refractivity contribution in [2.75, 3.05) is 61.2 Å². The highest BCUT2D eigenvalue weighted by molar-refractivity contribution is 6.00. The van der Waals surface area contributed by atoms with Gasteiger partial charge in [-0.15, -0.1) is 0 Å². The van der Waals surface area contributed by atoms with Crippen LogP contribution in [0.4, 0.5) is 4.79 Å². The van der Waals surface area contributed by atoms with Crippen LogP contribution in [0.15, 0.2) is 18.2 Å². The van der Waals surface area contributed by atoms with Crippen LogP contribution in [0.3, 0.4) is 0 Å². The fourth-order valence-electron chi connectivity index (χ4n) is 4.92. The molecule has 3 atom stereocenters. The molecule has 3 amide bonds. The minimum Gasteiger partial charge on any atom is -0.493 e. The van der Waals surface area contributed by atoms with E-state index in [1.807, 2.05) is 12.1 Å². The second-order valence-corrected chi connectivity index (χ2v) is 8.37. The zero-order valence-corrected chi connectivity index (χ0v) is 19.2. The van der Waals surface area contributed by atoms with Crippen LogP contribution < -0.4 is 14.8 Å². The van der Waals surface area contributed by atoms with Gasteiger partial charge in [0.1, 0.15) is 18.5 Å². The molecule has 3 aliphatic rings. The van der Waals surface area contributed by atoms with E-state index in [2.05, 4.69) is 21.2 Å². The van der Waals surface area contributed by atoms with E-state index in [0.29, 0.717) is 12.4 Å². The molecule has 3 saturated heterocycles. The topological polar surface area (TPSA) is 86.8 Å². The van der Waals surface area contributed by atoms with E-state index < -0.39 is 0 Å². The van der Waals surface area contributed by atoms with E-state index in [0.717, 1.165) is 43.8 Å². The molecule has 0 bridgehead atoms. The van der Waals surface area contributed by atoms with Crippen LogP contribution in [-0.2, 0) is 16.0 Å². The molecular formula is C22H33N5O5. The predicted molar refractivity (Wildman–Crippen MR) is 117 cm³/mol. The summed E-state index contributed by atoms with van der Waals surface area (Å²) >= 11 is 0. The molecule has 1 aromatic carbocycles. The molecule has 3 aliphatic heterocycles. The van der Waals surface area contributed by atoms with E-state index in [9.17, 15) is 9.59 Å². The van der Waals surface area contributed by atoms with Gasteiger partial charge in [0.05, 0.1) is 27.4 Å². The Hall–Kier alpha value is -2.40. The van der Waals surface area contributed by atoms with E-state index in [1.54, 1.807) is 33.3 Å². The molecule has 0 aromatic heterocycles. The number of carbonyl (C=O) groups is 2. The average molecular weight is 448 g/mol. The number of methoxy groups -OCH3 is 3.